The number of ether oxygens (including phenoxy) is 1. The summed E-state index contributed by atoms with van der Waals surface area (Å²) in [5, 5.41) is 3.14. The van der Waals surface area contributed by atoms with Crippen LogP contribution in [0.5, 0.6) is 0 Å². The molecule has 0 fully saturated rings. The van der Waals surface area contributed by atoms with Crippen LogP contribution in [-0.2, 0) is 4.74 Å². The zero-order chi connectivity index (χ0) is 10.4. The number of rotatable bonds is 5. The second kappa shape index (κ2) is 5.39. The van der Waals surface area contributed by atoms with E-state index in [2.05, 4.69) is 15.3 Å². The molecule has 0 radical (unpaired) electrons. The van der Waals surface area contributed by atoms with Crippen LogP contribution in [0.25, 0.3) is 0 Å². The van der Waals surface area contributed by atoms with Gasteiger partial charge >= 0.3 is 0 Å². The fourth-order valence-corrected chi connectivity index (χ4v) is 0.969. The summed E-state index contributed by atoms with van der Waals surface area (Å²) in [5.74, 6) is 1.71. The average molecular weight is 196 g/mol. The minimum Gasteiger partial charge on any atom is -0.383 e. The molecule has 0 spiro atoms. The summed E-state index contributed by atoms with van der Waals surface area (Å²) in [6.07, 6.45) is 1.55. The highest BCUT2D eigenvalue weighted by molar-refractivity contribution is 5.47. The molecular formula is C9H16N4O. The number of hydrogen-bond donors (Lipinski definition) is 1. The van der Waals surface area contributed by atoms with Crippen LogP contribution in [0.15, 0.2) is 12.4 Å². The summed E-state index contributed by atoms with van der Waals surface area (Å²) >= 11 is 0. The van der Waals surface area contributed by atoms with E-state index >= 15 is 0 Å². The quantitative estimate of drug-likeness (QED) is 0.699. The van der Waals surface area contributed by atoms with E-state index in [4.69, 9.17) is 4.74 Å². The first-order chi connectivity index (χ1) is 6.74. The van der Waals surface area contributed by atoms with E-state index in [0.29, 0.717) is 6.61 Å². The molecule has 0 amide bonds. The molecule has 0 saturated heterocycles. The van der Waals surface area contributed by atoms with Crippen molar-refractivity contribution < 1.29 is 4.74 Å². The highest BCUT2D eigenvalue weighted by Crippen LogP contribution is 2.10. The maximum atomic E-state index is 4.92. The first-order valence-electron chi connectivity index (χ1n) is 4.46. The van der Waals surface area contributed by atoms with Gasteiger partial charge in [0.1, 0.15) is 18.0 Å². The molecular weight excluding hydrogens is 180 g/mol. The molecule has 1 aromatic rings. The third-order valence-corrected chi connectivity index (χ3v) is 1.72. The predicted octanol–water partition coefficient (Wildman–Crippen LogP) is 0.601. The third-order valence-electron chi connectivity index (χ3n) is 1.72. The van der Waals surface area contributed by atoms with Crippen LogP contribution >= 0.6 is 0 Å². The summed E-state index contributed by atoms with van der Waals surface area (Å²) in [7, 11) is 5.56. The molecule has 0 aliphatic heterocycles. The second-order valence-corrected chi connectivity index (χ2v) is 3.08. The molecule has 0 aliphatic rings. The first-order valence-corrected chi connectivity index (χ1v) is 4.46. The maximum Gasteiger partial charge on any atom is 0.133 e. The Balaban J connectivity index is 2.55. The summed E-state index contributed by atoms with van der Waals surface area (Å²) in [4.78, 5) is 10.1. The van der Waals surface area contributed by atoms with Gasteiger partial charge in [-0.2, -0.15) is 0 Å². The van der Waals surface area contributed by atoms with Crippen molar-refractivity contribution in [3.8, 4) is 0 Å². The van der Waals surface area contributed by atoms with E-state index in [0.717, 1.165) is 18.2 Å². The lowest BCUT2D eigenvalue weighted by Gasteiger charge is -2.12. The minimum atomic E-state index is 0.668. The van der Waals surface area contributed by atoms with Gasteiger partial charge in [0.25, 0.3) is 0 Å². The van der Waals surface area contributed by atoms with Crippen LogP contribution in [-0.4, -0.2) is 44.3 Å². The first kappa shape index (κ1) is 10.7. The molecule has 1 aromatic heterocycles. The van der Waals surface area contributed by atoms with Gasteiger partial charge in [0, 0.05) is 33.8 Å². The molecule has 5 nitrogen and oxygen atoms in total. The molecule has 0 bridgehead atoms. The Morgan fingerprint density at radius 2 is 2.21 bits per heavy atom. The second-order valence-electron chi connectivity index (χ2n) is 3.08. The smallest absolute Gasteiger partial charge is 0.133 e. The number of nitrogens with zero attached hydrogens (tertiary/aromatic N) is 3. The van der Waals surface area contributed by atoms with Crippen molar-refractivity contribution in [2.75, 3.05) is 44.6 Å². The van der Waals surface area contributed by atoms with Gasteiger partial charge in [0.05, 0.1) is 6.61 Å². The molecule has 5 heteroatoms. The molecule has 14 heavy (non-hydrogen) atoms. The molecule has 0 aromatic carbocycles. The highest BCUT2D eigenvalue weighted by atomic mass is 16.5. The normalized spacial score (nSPS) is 9.93. The van der Waals surface area contributed by atoms with Gasteiger partial charge < -0.3 is 15.0 Å². The van der Waals surface area contributed by atoms with Crippen LogP contribution in [0.3, 0.4) is 0 Å². The monoisotopic (exact) mass is 196 g/mol. The predicted molar refractivity (Wildman–Crippen MR) is 56.7 cm³/mol. The van der Waals surface area contributed by atoms with Gasteiger partial charge in [-0.25, -0.2) is 9.97 Å². The van der Waals surface area contributed by atoms with Gasteiger partial charge in [-0.05, 0) is 0 Å². The molecule has 1 rings (SSSR count). The van der Waals surface area contributed by atoms with Crippen molar-refractivity contribution in [1.29, 1.82) is 0 Å². The van der Waals surface area contributed by atoms with E-state index in [1.807, 2.05) is 25.1 Å². The molecule has 0 saturated carbocycles. The van der Waals surface area contributed by atoms with Gasteiger partial charge in [-0.1, -0.05) is 0 Å². The standard InChI is InChI=1S/C9H16N4O/c1-13(2)9-6-8(11-7-12-9)10-4-5-14-3/h6-7H,4-5H2,1-3H3,(H,10,11,12). The van der Waals surface area contributed by atoms with Crippen LogP contribution in [0.2, 0.25) is 0 Å². The Morgan fingerprint density at radius 1 is 1.43 bits per heavy atom. The fraction of sp³-hybridized carbons (Fsp3) is 0.556. The van der Waals surface area contributed by atoms with E-state index in [-0.39, 0.29) is 0 Å². The Labute approximate surface area is 84.1 Å². The van der Waals surface area contributed by atoms with Crippen LogP contribution in [0.4, 0.5) is 11.6 Å². The van der Waals surface area contributed by atoms with E-state index in [9.17, 15) is 0 Å². The molecule has 0 atom stereocenters. The number of hydrogen-bond acceptors (Lipinski definition) is 5. The largest absolute Gasteiger partial charge is 0.383 e. The zero-order valence-electron chi connectivity index (χ0n) is 8.82. The van der Waals surface area contributed by atoms with Crippen molar-refractivity contribution in [3.05, 3.63) is 12.4 Å². The summed E-state index contributed by atoms with van der Waals surface area (Å²) in [5.41, 5.74) is 0. The van der Waals surface area contributed by atoms with E-state index in [1.54, 1.807) is 13.4 Å². The van der Waals surface area contributed by atoms with Gasteiger partial charge in [-0.15, -0.1) is 0 Å². The minimum absolute atomic E-state index is 0.668. The average Bonchev–Trinajstić information content (AvgIpc) is 2.19. The SMILES string of the molecule is COCCNc1cc(N(C)C)ncn1. The topological polar surface area (TPSA) is 50.3 Å². The van der Waals surface area contributed by atoms with Crippen LogP contribution in [0, 0.1) is 0 Å². The van der Waals surface area contributed by atoms with Crippen molar-refractivity contribution >= 4 is 11.6 Å². The number of anilines is 2. The van der Waals surface area contributed by atoms with E-state index in [1.165, 1.54) is 0 Å². The third kappa shape index (κ3) is 3.18. The molecule has 78 valence electrons. The fourth-order valence-electron chi connectivity index (χ4n) is 0.969. The molecule has 1 N–H and O–H groups in total. The number of nitrogens with one attached hydrogen (secondary N) is 1. The van der Waals surface area contributed by atoms with Crippen molar-refractivity contribution in [2.24, 2.45) is 0 Å². The molecule has 1 heterocycles. The lowest BCUT2D eigenvalue weighted by Crippen LogP contribution is -2.13. The lowest BCUT2D eigenvalue weighted by atomic mass is 10.5. The van der Waals surface area contributed by atoms with Crippen LogP contribution < -0.4 is 10.2 Å². The lowest BCUT2D eigenvalue weighted by molar-refractivity contribution is 0.210. The summed E-state index contributed by atoms with van der Waals surface area (Å²) in [6.45, 7) is 1.42. The van der Waals surface area contributed by atoms with Gasteiger partial charge in [0.15, 0.2) is 0 Å². The maximum absolute atomic E-state index is 4.92. The summed E-state index contributed by atoms with van der Waals surface area (Å²) in [6, 6.07) is 1.90. The number of methoxy groups -OCH3 is 1. The van der Waals surface area contributed by atoms with Crippen LogP contribution in [0.1, 0.15) is 0 Å². The Bertz CT molecular complexity index is 277. The summed E-state index contributed by atoms with van der Waals surface area (Å²) < 4.78 is 4.92. The molecule has 0 unspecified atom stereocenters. The zero-order valence-corrected chi connectivity index (χ0v) is 8.82. The Kier molecular flexibility index (Phi) is 4.12. The number of aromatic nitrogens is 2. The van der Waals surface area contributed by atoms with Gasteiger partial charge in [-0.3, -0.25) is 0 Å². The van der Waals surface area contributed by atoms with Gasteiger partial charge in [0.2, 0.25) is 0 Å². The van der Waals surface area contributed by atoms with Crippen molar-refractivity contribution in [1.82, 2.24) is 9.97 Å². The molecule has 0 aliphatic carbocycles. The van der Waals surface area contributed by atoms with Crippen molar-refractivity contribution in [2.45, 2.75) is 0 Å². The van der Waals surface area contributed by atoms with E-state index < -0.39 is 0 Å². The van der Waals surface area contributed by atoms with Crippen molar-refractivity contribution in [3.63, 3.8) is 0 Å². The Hall–Kier alpha value is -1.36. The highest BCUT2D eigenvalue weighted by Gasteiger charge is 1.98. The Morgan fingerprint density at radius 3 is 2.86 bits per heavy atom.